The first-order chi connectivity index (χ1) is 12.0. The Hall–Kier alpha value is -2.48. The van der Waals surface area contributed by atoms with Gasteiger partial charge in [-0.3, -0.25) is 0 Å². The van der Waals surface area contributed by atoms with E-state index in [-0.39, 0.29) is 23.1 Å². The second-order valence-electron chi connectivity index (χ2n) is 5.57. The van der Waals surface area contributed by atoms with E-state index >= 15 is 0 Å². The molecule has 1 heterocycles. The molecule has 1 aromatic heterocycles. The lowest BCUT2D eigenvalue weighted by atomic mass is 10.0. The maximum Gasteiger partial charge on any atom is 0.417 e. The summed E-state index contributed by atoms with van der Waals surface area (Å²) in [6.07, 6.45) is -3.67. The van der Waals surface area contributed by atoms with E-state index in [9.17, 15) is 23.1 Å². The van der Waals surface area contributed by atoms with Gasteiger partial charge < -0.3 is 14.6 Å². The number of halogens is 4. The molecule has 140 valence electrons. The molecule has 2 rings (SSSR count). The summed E-state index contributed by atoms with van der Waals surface area (Å²) in [5.74, 6) is -0.728. The van der Waals surface area contributed by atoms with Gasteiger partial charge in [0.1, 0.15) is 16.5 Å². The molecule has 1 atom stereocenters. The topological polar surface area (TPSA) is 68.7 Å². The lowest BCUT2D eigenvalue weighted by molar-refractivity contribution is -0.154. The summed E-state index contributed by atoms with van der Waals surface area (Å²) in [6, 6.07) is 6.60. The Morgan fingerprint density at radius 3 is 2.27 bits per heavy atom. The molecular formula is C17H15ClF3NO4. The maximum atomic E-state index is 12.6. The second-order valence-corrected chi connectivity index (χ2v) is 5.98. The van der Waals surface area contributed by atoms with Gasteiger partial charge in [-0.1, -0.05) is 18.5 Å². The zero-order chi connectivity index (χ0) is 19.5. The number of ether oxygens (including phenoxy) is 2. The van der Waals surface area contributed by atoms with Crippen LogP contribution in [0.1, 0.15) is 25.8 Å². The third kappa shape index (κ3) is 4.57. The van der Waals surface area contributed by atoms with E-state index < -0.39 is 23.3 Å². The molecule has 0 spiro atoms. The van der Waals surface area contributed by atoms with Crippen LogP contribution in [0.2, 0.25) is 5.02 Å². The summed E-state index contributed by atoms with van der Waals surface area (Å²) >= 11 is 5.78. The number of carbonyl (C=O) groups is 1. The number of pyridine rings is 1. The largest absolute Gasteiger partial charge is 0.478 e. The minimum atomic E-state index is -4.55. The summed E-state index contributed by atoms with van der Waals surface area (Å²) in [7, 11) is 0. The van der Waals surface area contributed by atoms with Crippen LogP contribution < -0.4 is 9.47 Å². The number of carboxylic acids is 1. The van der Waals surface area contributed by atoms with Crippen molar-refractivity contribution >= 4 is 17.6 Å². The van der Waals surface area contributed by atoms with Gasteiger partial charge in [-0.2, -0.15) is 13.2 Å². The molecule has 1 N–H and O–H groups in total. The average Bonchev–Trinajstić information content (AvgIpc) is 2.57. The summed E-state index contributed by atoms with van der Waals surface area (Å²) in [5.41, 5.74) is -2.35. The lowest BCUT2D eigenvalue weighted by Crippen LogP contribution is -2.40. The molecule has 1 unspecified atom stereocenters. The zero-order valence-corrected chi connectivity index (χ0v) is 14.6. The summed E-state index contributed by atoms with van der Waals surface area (Å²) in [6.45, 7) is 3.13. The van der Waals surface area contributed by atoms with Crippen molar-refractivity contribution in [2.24, 2.45) is 0 Å². The Morgan fingerprint density at radius 1 is 1.23 bits per heavy atom. The van der Waals surface area contributed by atoms with Crippen molar-refractivity contribution in [1.82, 2.24) is 4.98 Å². The van der Waals surface area contributed by atoms with Crippen molar-refractivity contribution in [2.75, 3.05) is 0 Å². The van der Waals surface area contributed by atoms with Crippen LogP contribution >= 0.6 is 11.6 Å². The molecule has 1 aromatic carbocycles. The van der Waals surface area contributed by atoms with E-state index in [0.717, 1.165) is 6.07 Å². The molecule has 0 saturated carbocycles. The predicted octanol–water partition coefficient (Wildman–Crippen LogP) is 5.18. The highest BCUT2D eigenvalue weighted by atomic mass is 35.5. The number of aliphatic carboxylic acids is 1. The van der Waals surface area contributed by atoms with Crippen molar-refractivity contribution in [2.45, 2.75) is 32.0 Å². The number of carboxylic acid groups (broad SMARTS) is 1. The molecular weight excluding hydrogens is 375 g/mol. The number of benzene rings is 1. The summed E-state index contributed by atoms with van der Waals surface area (Å²) in [5, 5.41) is 8.91. The predicted molar refractivity (Wildman–Crippen MR) is 87.7 cm³/mol. The number of alkyl halides is 3. The Kier molecular flexibility index (Phi) is 5.65. The lowest BCUT2D eigenvalue weighted by Gasteiger charge is -2.24. The fraction of sp³-hybridized carbons (Fsp3) is 0.294. The van der Waals surface area contributed by atoms with Crippen LogP contribution in [-0.2, 0) is 11.0 Å². The summed E-state index contributed by atoms with van der Waals surface area (Å²) in [4.78, 5) is 14.8. The highest BCUT2D eigenvalue weighted by Crippen LogP contribution is 2.35. The van der Waals surface area contributed by atoms with Crippen LogP contribution in [0.4, 0.5) is 13.2 Å². The van der Waals surface area contributed by atoms with Crippen LogP contribution in [0, 0.1) is 0 Å². The second kappa shape index (κ2) is 7.41. The fourth-order valence-electron chi connectivity index (χ4n) is 1.87. The van der Waals surface area contributed by atoms with Gasteiger partial charge in [0, 0.05) is 6.20 Å². The Labute approximate surface area is 152 Å². The molecule has 0 bridgehead atoms. The monoisotopic (exact) mass is 389 g/mol. The molecule has 9 heteroatoms. The molecule has 26 heavy (non-hydrogen) atoms. The Balaban J connectivity index is 2.14. The van der Waals surface area contributed by atoms with Crippen LogP contribution in [0.3, 0.4) is 0 Å². The van der Waals surface area contributed by atoms with Gasteiger partial charge in [-0.05, 0) is 43.7 Å². The van der Waals surface area contributed by atoms with Crippen LogP contribution in [0.5, 0.6) is 17.4 Å². The highest BCUT2D eigenvalue weighted by molar-refractivity contribution is 6.31. The van der Waals surface area contributed by atoms with Crippen molar-refractivity contribution in [3.05, 3.63) is 47.1 Å². The van der Waals surface area contributed by atoms with Crippen LogP contribution in [0.15, 0.2) is 36.5 Å². The van der Waals surface area contributed by atoms with E-state index in [1.165, 1.54) is 31.2 Å². The van der Waals surface area contributed by atoms with Gasteiger partial charge in [0.05, 0.1) is 5.56 Å². The smallest absolute Gasteiger partial charge is 0.417 e. The number of hydrogen-bond donors (Lipinski definition) is 1. The van der Waals surface area contributed by atoms with Crippen molar-refractivity contribution in [3.8, 4) is 17.4 Å². The van der Waals surface area contributed by atoms with E-state index in [1.807, 2.05) is 0 Å². The molecule has 0 amide bonds. The van der Waals surface area contributed by atoms with Gasteiger partial charge in [-0.15, -0.1) is 0 Å². The van der Waals surface area contributed by atoms with Gasteiger partial charge in [0.2, 0.25) is 11.5 Å². The van der Waals surface area contributed by atoms with Gasteiger partial charge in [0.15, 0.2) is 0 Å². The molecule has 0 radical (unpaired) electrons. The Bertz CT molecular complexity index is 796. The number of aromatic nitrogens is 1. The molecule has 0 aliphatic heterocycles. The van der Waals surface area contributed by atoms with Gasteiger partial charge in [-0.25, -0.2) is 9.78 Å². The molecule has 2 aromatic rings. The normalized spacial score (nSPS) is 13.8. The minimum Gasteiger partial charge on any atom is -0.478 e. The van der Waals surface area contributed by atoms with E-state index in [4.69, 9.17) is 21.1 Å². The van der Waals surface area contributed by atoms with Gasteiger partial charge >= 0.3 is 12.1 Å². The third-order valence-corrected chi connectivity index (χ3v) is 3.91. The molecule has 5 nitrogen and oxygen atoms in total. The van der Waals surface area contributed by atoms with Crippen molar-refractivity contribution in [3.63, 3.8) is 0 Å². The first-order valence-corrected chi connectivity index (χ1v) is 7.86. The average molecular weight is 390 g/mol. The standard InChI is InChI=1S/C17H15ClF3NO4/c1-3-16(2,15(23)24)26-12-6-4-11(5-7-12)25-14-13(18)8-10(9-22-14)17(19,20)21/h4-9H,3H2,1-2H3,(H,23,24). The van der Waals surface area contributed by atoms with Crippen LogP contribution in [-0.4, -0.2) is 21.7 Å². The zero-order valence-electron chi connectivity index (χ0n) is 13.8. The number of nitrogens with zero attached hydrogens (tertiary/aromatic N) is 1. The van der Waals surface area contributed by atoms with Crippen LogP contribution in [0.25, 0.3) is 0 Å². The SMILES string of the molecule is CCC(C)(Oc1ccc(Oc2ncc(C(F)(F)F)cc2Cl)cc1)C(=O)O. The maximum absolute atomic E-state index is 12.6. The first-order valence-electron chi connectivity index (χ1n) is 7.48. The fourth-order valence-corrected chi connectivity index (χ4v) is 2.07. The highest BCUT2D eigenvalue weighted by Gasteiger charge is 2.33. The molecule has 0 saturated heterocycles. The molecule has 0 fully saturated rings. The Morgan fingerprint density at radius 2 is 1.81 bits per heavy atom. The third-order valence-electron chi connectivity index (χ3n) is 3.64. The number of rotatable bonds is 6. The first kappa shape index (κ1) is 19.8. The van der Waals surface area contributed by atoms with E-state index in [2.05, 4.69) is 4.98 Å². The quantitative estimate of drug-likeness (QED) is 0.737. The van der Waals surface area contributed by atoms with Gasteiger partial charge in [0.25, 0.3) is 0 Å². The molecule has 0 aliphatic carbocycles. The van der Waals surface area contributed by atoms with E-state index in [0.29, 0.717) is 11.9 Å². The molecule has 0 aliphatic rings. The number of hydrogen-bond acceptors (Lipinski definition) is 4. The minimum absolute atomic E-state index is 0.183. The van der Waals surface area contributed by atoms with Crippen molar-refractivity contribution in [1.29, 1.82) is 0 Å². The van der Waals surface area contributed by atoms with Crippen molar-refractivity contribution < 1.29 is 32.5 Å². The summed E-state index contributed by atoms with van der Waals surface area (Å²) < 4.78 is 48.6. The van der Waals surface area contributed by atoms with E-state index in [1.54, 1.807) is 6.92 Å².